The SMILES string of the molecule is COc1ccnc(NCC=C(C)C)n1. The predicted octanol–water partition coefficient (Wildman–Crippen LogP) is 1.86. The fourth-order valence-electron chi connectivity index (χ4n) is 0.887. The molecule has 0 radical (unpaired) electrons. The van der Waals surface area contributed by atoms with E-state index in [2.05, 4.69) is 21.4 Å². The minimum absolute atomic E-state index is 0.569. The van der Waals surface area contributed by atoms with Gasteiger partial charge in [0.2, 0.25) is 11.8 Å². The molecule has 0 aliphatic rings. The van der Waals surface area contributed by atoms with E-state index in [1.54, 1.807) is 19.4 Å². The summed E-state index contributed by atoms with van der Waals surface area (Å²) in [6, 6.07) is 1.71. The van der Waals surface area contributed by atoms with Gasteiger partial charge < -0.3 is 10.1 Å². The average molecular weight is 193 g/mol. The molecule has 76 valence electrons. The monoisotopic (exact) mass is 193 g/mol. The molecule has 0 spiro atoms. The Morgan fingerprint density at radius 3 is 3.00 bits per heavy atom. The van der Waals surface area contributed by atoms with Gasteiger partial charge in [-0.15, -0.1) is 0 Å². The number of hydrogen-bond donors (Lipinski definition) is 1. The molecule has 0 fully saturated rings. The molecule has 1 rings (SSSR count). The molecule has 1 N–H and O–H groups in total. The van der Waals surface area contributed by atoms with E-state index in [0.29, 0.717) is 11.8 Å². The van der Waals surface area contributed by atoms with Crippen molar-refractivity contribution in [3.05, 3.63) is 23.9 Å². The van der Waals surface area contributed by atoms with Crippen LogP contribution >= 0.6 is 0 Å². The van der Waals surface area contributed by atoms with E-state index in [9.17, 15) is 0 Å². The molecule has 4 heteroatoms. The first kappa shape index (κ1) is 10.5. The van der Waals surface area contributed by atoms with E-state index < -0.39 is 0 Å². The Labute approximate surface area is 84.0 Å². The fourth-order valence-corrected chi connectivity index (χ4v) is 0.887. The van der Waals surface area contributed by atoms with E-state index >= 15 is 0 Å². The smallest absolute Gasteiger partial charge is 0.226 e. The molecule has 0 saturated carbocycles. The first-order valence-electron chi connectivity index (χ1n) is 4.46. The lowest BCUT2D eigenvalue weighted by atomic mass is 10.3. The Bertz CT molecular complexity index is 319. The van der Waals surface area contributed by atoms with Gasteiger partial charge in [0.05, 0.1) is 7.11 Å². The molecule has 14 heavy (non-hydrogen) atoms. The topological polar surface area (TPSA) is 47.0 Å². The van der Waals surface area contributed by atoms with E-state index in [1.165, 1.54) is 5.57 Å². The maximum atomic E-state index is 4.98. The minimum Gasteiger partial charge on any atom is -0.481 e. The number of aromatic nitrogens is 2. The largest absolute Gasteiger partial charge is 0.481 e. The summed E-state index contributed by atoms with van der Waals surface area (Å²) in [5, 5.41) is 3.07. The summed E-state index contributed by atoms with van der Waals surface area (Å²) in [7, 11) is 1.59. The number of ether oxygens (including phenoxy) is 1. The Morgan fingerprint density at radius 2 is 2.36 bits per heavy atom. The Kier molecular flexibility index (Phi) is 3.91. The molecule has 1 aromatic rings. The van der Waals surface area contributed by atoms with Crippen LogP contribution in [-0.4, -0.2) is 23.6 Å². The van der Waals surface area contributed by atoms with Crippen molar-refractivity contribution in [1.82, 2.24) is 9.97 Å². The van der Waals surface area contributed by atoms with Gasteiger partial charge >= 0.3 is 0 Å². The summed E-state index contributed by atoms with van der Waals surface area (Å²) in [5.74, 6) is 1.15. The third-order valence-corrected chi connectivity index (χ3v) is 1.61. The van der Waals surface area contributed by atoms with Crippen LogP contribution in [0.15, 0.2) is 23.9 Å². The van der Waals surface area contributed by atoms with Gasteiger partial charge in [-0.25, -0.2) is 4.98 Å². The maximum absolute atomic E-state index is 4.98. The van der Waals surface area contributed by atoms with Gasteiger partial charge in [-0.2, -0.15) is 4.98 Å². The van der Waals surface area contributed by atoms with Gasteiger partial charge in [0.1, 0.15) is 0 Å². The van der Waals surface area contributed by atoms with Crippen molar-refractivity contribution in [2.75, 3.05) is 19.0 Å². The summed E-state index contributed by atoms with van der Waals surface area (Å²) in [5.41, 5.74) is 1.26. The number of methoxy groups -OCH3 is 1. The second-order valence-corrected chi connectivity index (χ2v) is 3.08. The zero-order valence-electron chi connectivity index (χ0n) is 8.74. The molecular formula is C10H15N3O. The van der Waals surface area contributed by atoms with E-state index in [-0.39, 0.29) is 0 Å². The molecule has 0 aliphatic carbocycles. The van der Waals surface area contributed by atoms with Crippen LogP contribution in [0.25, 0.3) is 0 Å². The Morgan fingerprint density at radius 1 is 1.57 bits per heavy atom. The first-order chi connectivity index (χ1) is 6.72. The second-order valence-electron chi connectivity index (χ2n) is 3.08. The summed E-state index contributed by atoms with van der Waals surface area (Å²) in [6.07, 6.45) is 3.74. The van der Waals surface area contributed by atoms with Crippen molar-refractivity contribution < 1.29 is 4.74 Å². The molecule has 0 atom stereocenters. The highest BCUT2D eigenvalue weighted by molar-refractivity contribution is 5.28. The van der Waals surface area contributed by atoms with Gasteiger partial charge in [-0.05, 0) is 13.8 Å². The van der Waals surface area contributed by atoms with E-state index in [1.807, 2.05) is 13.8 Å². The van der Waals surface area contributed by atoms with Gasteiger partial charge in [0.25, 0.3) is 0 Å². The fraction of sp³-hybridized carbons (Fsp3) is 0.400. The number of rotatable bonds is 4. The number of allylic oxidation sites excluding steroid dienone is 1. The lowest BCUT2D eigenvalue weighted by Gasteiger charge is -2.03. The standard InChI is InChI=1S/C10H15N3O/c1-8(2)4-6-11-10-12-7-5-9(13-10)14-3/h4-5,7H,6H2,1-3H3,(H,11,12,13). The van der Waals surface area contributed by atoms with Crippen molar-refractivity contribution in [2.24, 2.45) is 0 Å². The third kappa shape index (κ3) is 3.43. The van der Waals surface area contributed by atoms with Crippen LogP contribution in [0, 0.1) is 0 Å². The van der Waals surface area contributed by atoms with Crippen molar-refractivity contribution in [2.45, 2.75) is 13.8 Å². The summed E-state index contributed by atoms with van der Waals surface area (Å²) in [4.78, 5) is 8.17. The van der Waals surface area contributed by atoms with Crippen LogP contribution in [0.5, 0.6) is 5.88 Å². The summed E-state index contributed by atoms with van der Waals surface area (Å²) in [6.45, 7) is 4.83. The molecule has 1 heterocycles. The van der Waals surface area contributed by atoms with Crippen molar-refractivity contribution >= 4 is 5.95 Å². The van der Waals surface area contributed by atoms with Gasteiger partial charge in [-0.1, -0.05) is 11.6 Å². The molecule has 1 aromatic heterocycles. The highest BCUT2D eigenvalue weighted by Gasteiger charge is 1.95. The van der Waals surface area contributed by atoms with Crippen molar-refractivity contribution in [1.29, 1.82) is 0 Å². The number of hydrogen-bond acceptors (Lipinski definition) is 4. The lowest BCUT2D eigenvalue weighted by Crippen LogP contribution is -2.03. The molecule has 0 saturated heterocycles. The van der Waals surface area contributed by atoms with Crippen LogP contribution in [0.1, 0.15) is 13.8 Å². The number of nitrogens with one attached hydrogen (secondary N) is 1. The zero-order valence-corrected chi connectivity index (χ0v) is 8.74. The quantitative estimate of drug-likeness (QED) is 0.741. The zero-order chi connectivity index (χ0) is 10.4. The van der Waals surface area contributed by atoms with E-state index in [4.69, 9.17) is 4.74 Å². The minimum atomic E-state index is 0.569. The molecular weight excluding hydrogens is 178 g/mol. The Hall–Kier alpha value is -1.58. The lowest BCUT2D eigenvalue weighted by molar-refractivity contribution is 0.397. The third-order valence-electron chi connectivity index (χ3n) is 1.61. The van der Waals surface area contributed by atoms with Crippen molar-refractivity contribution in [3.63, 3.8) is 0 Å². The molecule has 0 amide bonds. The molecule has 0 aliphatic heterocycles. The van der Waals surface area contributed by atoms with Gasteiger partial charge in [0, 0.05) is 18.8 Å². The van der Waals surface area contributed by atoms with Crippen LogP contribution in [-0.2, 0) is 0 Å². The van der Waals surface area contributed by atoms with Crippen LogP contribution < -0.4 is 10.1 Å². The van der Waals surface area contributed by atoms with Gasteiger partial charge in [-0.3, -0.25) is 0 Å². The van der Waals surface area contributed by atoms with Crippen LogP contribution in [0.2, 0.25) is 0 Å². The highest BCUT2D eigenvalue weighted by Crippen LogP contribution is 2.06. The maximum Gasteiger partial charge on any atom is 0.226 e. The average Bonchev–Trinajstić information content (AvgIpc) is 2.18. The van der Waals surface area contributed by atoms with Crippen LogP contribution in [0.3, 0.4) is 0 Å². The highest BCUT2D eigenvalue weighted by atomic mass is 16.5. The summed E-state index contributed by atoms with van der Waals surface area (Å²) >= 11 is 0. The van der Waals surface area contributed by atoms with Crippen molar-refractivity contribution in [3.8, 4) is 5.88 Å². The predicted molar refractivity (Wildman–Crippen MR) is 56.5 cm³/mol. The van der Waals surface area contributed by atoms with Crippen LogP contribution in [0.4, 0.5) is 5.95 Å². The number of anilines is 1. The molecule has 0 bridgehead atoms. The number of nitrogens with zero attached hydrogens (tertiary/aromatic N) is 2. The normalized spacial score (nSPS) is 9.36. The van der Waals surface area contributed by atoms with E-state index in [0.717, 1.165) is 6.54 Å². The molecule has 0 unspecified atom stereocenters. The van der Waals surface area contributed by atoms with Gasteiger partial charge in [0.15, 0.2) is 0 Å². The second kappa shape index (κ2) is 5.21. The molecule has 4 nitrogen and oxygen atoms in total. The first-order valence-corrected chi connectivity index (χ1v) is 4.46. The Balaban J connectivity index is 2.54. The molecule has 0 aromatic carbocycles. The summed E-state index contributed by atoms with van der Waals surface area (Å²) < 4.78 is 4.98.